The molecule has 4 nitrogen and oxygen atoms in total. The Hall–Kier alpha value is -1.29. The summed E-state index contributed by atoms with van der Waals surface area (Å²) in [5, 5.41) is 5.28. The molecule has 0 atom stereocenters. The van der Waals surface area contributed by atoms with Crippen molar-refractivity contribution in [3.63, 3.8) is 0 Å². The van der Waals surface area contributed by atoms with Gasteiger partial charge < -0.3 is 5.32 Å². The third kappa shape index (κ3) is 2.10. The Balaban J connectivity index is 2.75. The number of aromatic nitrogens is 1. The van der Waals surface area contributed by atoms with Gasteiger partial charge in [0.05, 0.1) is 5.02 Å². The molecule has 1 heterocycles. The summed E-state index contributed by atoms with van der Waals surface area (Å²) in [6.07, 6.45) is 1.55. The van der Waals surface area contributed by atoms with Crippen LogP contribution in [0.2, 0.25) is 5.02 Å². The third-order valence-electron chi connectivity index (χ3n) is 1.22. The summed E-state index contributed by atoms with van der Waals surface area (Å²) in [7, 11) is 1.52. The molecule has 1 rings (SSSR count). The second-order valence-corrected chi connectivity index (χ2v) is 2.45. The van der Waals surface area contributed by atoms with Crippen molar-refractivity contribution in [1.29, 1.82) is 0 Å². The summed E-state index contributed by atoms with van der Waals surface area (Å²) >= 11 is 5.72. The molecule has 0 aliphatic carbocycles. The number of carbonyl (C=O) groups excluding carboxylic acids is 1. The normalized spacial score (nSPS) is 9.17. The zero-order chi connectivity index (χ0) is 8.97. The maximum absolute atomic E-state index is 10.8. The van der Waals surface area contributed by atoms with Crippen molar-refractivity contribution in [1.82, 2.24) is 10.3 Å². The lowest BCUT2D eigenvalue weighted by Gasteiger charge is -2.03. The molecule has 2 N–H and O–H groups in total. The molecule has 0 saturated carbocycles. The van der Waals surface area contributed by atoms with Gasteiger partial charge in [-0.15, -0.1) is 0 Å². The summed E-state index contributed by atoms with van der Waals surface area (Å²) in [5.74, 6) is 0.360. The Labute approximate surface area is 74.9 Å². The van der Waals surface area contributed by atoms with Crippen molar-refractivity contribution in [2.24, 2.45) is 0 Å². The minimum Gasteiger partial charge on any atom is -0.341 e. The standard InChI is InChI=1S/C7H8ClN3O/c1-9-7(12)11-6-5(8)3-2-4-10-6/h2-4H,1H3,(H2,9,10,11,12). The van der Waals surface area contributed by atoms with Crippen molar-refractivity contribution >= 4 is 23.4 Å². The summed E-state index contributed by atoms with van der Waals surface area (Å²) < 4.78 is 0. The Morgan fingerprint density at radius 2 is 2.42 bits per heavy atom. The first-order valence-electron chi connectivity index (χ1n) is 3.33. The van der Waals surface area contributed by atoms with Crippen molar-refractivity contribution in [2.45, 2.75) is 0 Å². The summed E-state index contributed by atoms with van der Waals surface area (Å²) in [5.41, 5.74) is 0. The van der Waals surface area contributed by atoms with E-state index in [1.807, 2.05) is 0 Å². The van der Waals surface area contributed by atoms with Gasteiger partial charge in [-0.3, -0.25) is 5.32 Å². The molecule has 12 heavy (non-hydrogen) atoms. The predicted molar refractivity (Wildman–Crippen MR) is 47.3 cm³/mol. The molecule has 0 radical (unpaired) electrons. The molecule has 0 aliphatic heterocycles. The average Bonchev–Trinajstić information content (AvgIpc) is 2.09. The maximum atomic E-state index is 10.8. The molecule has 0 spiro atoms. The van der Waals surface area contributed by atoms with Crippen molar-refractivity contribution in [3.8, 4) is 0 Å². The van der Waals surface area contributed by atoms with E-state index in [2.05, 4.69) is 15.6 Å². The second kappa shape index (κ2) is 3.92. The highest BCUT2D eigenvalue weighted by atomic mass is 35.5. The molecule has 1 aromatic rings. The lowest BCUT2D eigenvalue weighted by molar-refractivity contribution is 0.254. The number of nitrogens with zero attached hydrogens (tertiary/aromatic N) is 1. The van der Waals surface area contributed by atoms with Gasteiger partial charge in [-0.05, 0) is 12.1 Å². The van der Waals surface area contributed by atoms with Crippen LogP contribution < -0.4 is 10.6 Å². The molecule has 0 unspecified atom stereocenters. The van der Waals surface area contributed by atoms with Gasteiger partial charge in [-0.1, -0.05) is 11.6 Å². The van der Waals surface area contributed by atoms with Crippen LogP contribution in [0.5, 0.6) is 0 Å². The van der Waals surface area contributed by atoms with Crippen LogP contribution in [0, 0.1) is 0 Å². The zero-order valence-electron chi connectivity index (χ0n) is 6.47. The second-order valence-electron chi connectivity index (χ2n) is 2.04. The third-order valence-corrected chi connectivity index (χ3v) is 1.52. The minimum absolute atomic E-state index is 0.337. The highest BCUT2D eigenvalue weighted by Gasteiger charge is 2.02. The number of carbonyl (C=O) groups is 1. The molecule has 0 bridgehead atoms. The quantitative estimate of drug-likeness (QED) is 0.697. The molecule has 0 aromatic carbocycles. The van der Waals surface area contributed by atoms with Crippen LogP contribution in [0.4, 0.5) is 10.6 Å². The van der Waals surface area contributed by atoms with Gasteiger partial charge in [0.15, 0.2) is 5.82 Å². The molecule has 64 valence electrons. The van der Waals surface area contributed by atoms with E-state index in [1.54, 1.807) is 18.3 Å². The van der Waals surface area contributed by atoms with E-state index < -0.39 is 0 Å². The Kier molecular flexibility index (Phi) is 2.88. The molecule has 0 saturated heterocycles. The van der Waals surface area contributed by atoms with Gasteiger partial charge in [-0.2, -0.15) is 0 Å². The zero-order valence-corrected chi connectivity index (χ0v) is 7.22. The summed E-state index contributed by atoms with van der Waals surface area (Å²) in [4.78, 5) is 14.7. The molecular formula is C7H8ClN3O. The topological polar surface area (TPSA) is 54.0 Å². The number of amides is 2. The lowest BCUT2D eigenvalue weighted by atomic mass is 10.4. The maximum Gasteiger partial charge on any atom is 0.320 e. The number of hydrogen-bond acceptors (Lipinski definition) is 2. The minimum atomic E-state index is -0.337. The fourth-order valence-electron chi connectivity index (χ4n) is 0.648. The molecular weight excluding hydrogens is 178 g/mol. The number of halogens is 1. The van der Waals surface area contributed by atoms with Crippen molar-refractivity contribution in [3.05, 3.63) is 23.4 Å². The molecule has 2 amide bonds. The van der Waals surface area contributed by atoms with Crippen LogP contribution in [-0.2, 0) is 0 Å². The molecule has 0 aliphatic rings. The van der Waals surface area contributed by atoms with Gasteiger partial charge in [0.2, 0.25) is 0 Å². The molecule has 1 aromatic heterocycles. The summed E-state index contributed by atoms with van der Waals surface area (Å²) in [6, 6.07) is 3.01. The highest BCUT2D eigenvalue weighted by molar-refractivity contribution is 6.33. The van der Waals surface area contributed by atoms with Gasteiger partial charge in [0.1, 0.15) is 0 Å². The highest BCUT2D eigenvalue weighted by Crippen LogP contribution is 2.16. The van der Waals surface area contributed by atoms with E-state index in [-0.39, 0.29) is 6.03 Å². The molecule has 0 fully saturated rings. The Morgan fingerprint density at radius 3 is 3.00 bits per heavy atom. The lowest BCUT2D eigenvalue weighted by Crippen LogP contribution is -2.25. The van der Waals surface area contributed by atoms with Gasteiger partial charge in [0.25, 0.3) is 0 Å². The largest absolute Gasteiger partial charge is 0.341 e. The van der Waals surface area contributed by atoms with E-state index in [0.29, 0.717) is 10.8 Å². The number of nitrogens with one attached hydrogen (secondary N) is 2. The Bertz CT molecular complexity index is 290. The van der Waals surface area contributed by atoms with E-state index in [4.69, 9.17) is 11.6 Å². The number of hydrogen-bond donors (Lipinski definition) is 2. The number of rotatable bonds is 1. The summed E-state index contributed by atoms with van der Waals surface area (Å²) in [6.45, 7) is 0. The van der Waals surface area contributed by atoms with Crippen molar-refractivity contribution < 1.29 is 4.79 Å². The van der Waals surface area contributed by atoms with Crippen LogP contribution in [-0.4, -0.2) is 18.1 Å². The number of pyridine rings is 1. The average molecular weight is 186 g/mol. The van der Waals surface area contributed by atoms with E-state index in [1.165, 1.54) is 7.05 Å². The number of urea groups is 1. The van der Waals surface area contributed by atoms with E-state index in [9.17, 15) is 4.79 Å². The van der Waals surface area contributed by atoms with E-state index >= 15 is 0 Å². The number of anilines is 1. The first-order chi connectivity index (χ1) is 5.74. The fourth-order valence-corrected chi connectivity index (χ4v) is 0.816. The first kappa shape index (κ1) is 8.80. The van der Waals surface area contributed by atoms with Crippen LogP contribution in [0.25, 0.3) is 0 Å². The first-order valence-corrected chi connectivity index (χ1v) is 3.71. The van der Waals surface area contributed by atoms with Crippen LogP contribution >= 0.6 is 11.6 Å². The van der Waals surface area contributed by atoms with Crippen LogP contribution in [0.3, 0.4) is 0 Å². The van der Waals surface area contributed by atoms with E-state index in [0.717, 1.165) is 0 Å². The van der Waals surface area contributed by atoms with Crippen molar-refractivity contribution in [2.75, 3.05) is 12.4 Å². The molecule has 5 heteroatoms. The SMILES string of the molecule is CNC(=O)Nc1ncccc1Cl. The van der Waals surface area contributed by atoms with Crippen LogP contribution in [0.15, 0.2) is 18.3 Å². The van der Waals surface area contributed by atoms with Gasteiger partial charge in [-0.25, -0.2) is 9.78 Å². The van der Waals surface area contributed by atoms with Crippen LogP contribution in [0.1, 0.15) is 0 Å². The Morgan fingerprint density at radius 1 is 1.67 bits per heavy atom. The predicted octanol–water partition coefficient (Wildman–Crippen LogP) is 1.49. The van der Waals surface area contributed by atoms with Gasteiger partial charge in [0, 0.05) is 13.2 Å². The van der Waals surface area contributed by atoms with Gasteiger partial charge >= 0.3 is 6.03 Å². The smallest absolute Gasteiger partial charge is 0.320 e. The fraction of sp³-hybridized carbons (Fsp3) is 0.143. The monoisotopic (exact) mass is 185 g/mol.